The summed E-state index contributed by atoms with van der Waals surface area (Å²) < 4.78 is 12.1. The highest BCUT2D eigenvalue weighted by Gasteiger charge is 2.27. The first kappa shape index (κ1) is 17.8. The van der Waals surface area contributed by atoms with Gasteiger partial charge in [0.15, 0.2) is 5.82 Å². The average Bonchev–Trinajstić information content (AvgIpc) is 3.07. The molecule has 1 aliphatic rings. The summed E-state index contributed by atoms with van der Waals surface area (Å²) in [4.78, 5) is 19.8. The lowest BCUT2D eigenvalue weighted by Gasteiger charge is -2.31. The maximum atomic E-state index is 12.8. The molecule has 6 nitrogen and oxygen atoms in total. The lowest BCUT2D eigenvalue weighted by molar-refractivity contribution is 0.0704. The number of hydrogen-bond donors (Lipinski definition) is 1. The number of amides is 1. The van der Waals surface area contributed by atoms with E-state index >= 15 is 0 Å². The average molecular weight is 360 g/mol. The van der Waals surface area contributed by atoms with Crippen molar-refractivity contribution in [2.24, 2.45) is 0 Å². The van der Waals surface area contributed by atoms with Crippen molar-refractivity contribution < 1.29 is 9.00 Å². The second-order valence-corrected chi connectivity index (χ2v) is 8.75. The molecule has 0 radical (unpaired) electrons. The molecule has 1 aromatic carbocycles. The van der Waals surface area contributed by atoms with Gasteiger partial charge in [-0.1, -0.05) is 13.8 Å². The molecule has 25 heavy (non-hydrogen) atoms. The fourth-order valence-electron chi connectivity index (χ4n) is 3.10. The Morgan fingerprint density at radius 1 is 1.32 bits per heavy atom. The highest BCUT2D eigenvalue weighted by molar-refractivity contribution is 7.85. The van der Waals surface area contributed by atoms with E-state index < -0.39 is 10.8 Å². The monoisotopic (exact) mass is 360 g/mol. The second kappa shape index (κ2) is 7.47. The number of aromatic amines is 1. The molecule has 7 heteroatoms. The molecule has 3 rings (SSSR count). The van der Waals surface area contributed by atoms with Crippen LogP contribution in [0.3, 0.4) is 0 Å². The lowest BCUT2D eigenvalue weighted by atomic mass is 9.96. The summed E-state index contributed by atoms with van der Waals surface area (Å²) >= 11 is 0. The summed E-state index contributed by atoms with van der Waals surface area (Å²) in [6.45, 7) is 7.11. The van der Waals surface area contributed by atoms with Crippen LogP contribution in [0.15, 0.2) is 29.2 Å². The van der Waals surface area contributed by atoms with Gasteiger partial charge >= 0.3 is 0 Å². The molecule has 1 aliphatic heterocycles. The highest BCUT2D eigenvalue weighted by atomic mass is 32.2. The molecule has 0 saturated carbocycles. The van der Waals surface area contributed by atoms with E-state index in [4.69, 9.17) is 0 Å². The van der Waals surface area contributed by atoms with Crippen LogP contribution >= 0.6 is 0 Å². The minimum Gasteiger partial charge on any atom is -0.338 e. The van der Waals surface area contributed by atoms with Gasteiger partial charge in [-0.05, 0) is 44.0 Å². The number of carbonyl (C=O) groups excluding carboxylic acids is 1. The van der Waals surface area contributed by atoms with Gasteiger partial charge in [-0.15, -0.1) is 0 Å². The smallest absolute Gasteiger partial charge is 0.253 e. The van der Waals surface area contributed by atoms with Gasteiger partial charge in [0.05, 0.1) is 10.8 Å². The van der Waals surface area contributed by atoms with Gasteiger partial charge < -0.3 is 4.90 Å². The van der Waals surface area contributed by atoms with Crippen LogP contribution in [0.2, 0.25) is 0 Å². The summed E-state index contributed by atoms with van der Waals surface area (Å²) in [6.07, 6.45) is 1.94. The number of hydrogen-bond acceptors (Lipinski definition) is 4. The molecule has 1 aromatic heterocycles. The van der Waals surface area contributed by atoms with Crippen molar-refractivity contribution in [2.45, 2.75) is 49.7 Å². The van der Waals surface area contributed by atoms with Gasteiger partial charge in [-0.3, -0.25) is 14.1 Å². The molecule has 2 atom stereocenters. The van der Waals surface area contributed by atoms with E-state index in [0.717, 1.165) is 35.9 Å². The second-order valence-electron chi connectivity index (χ2n) is 6.74. The predicted molar refractivity (Wildman–Crippen MR) is 97.0 cm³/mol. The molecule has 2 aromatic rings. The predicted octanol–water partition coefficient (Wildman–Crippen LogP) is 2.65. The van der Waals surface area contributed by atoms with Gasteiger partial charge in [-0.25, -0.2) is 4.98 Å². The summed E-state index contributed by atoms with van der Waals surface area (Å²) in [6, 6.07) is 7.14. The number of nitrogens with one attached hydrogen (secondary N) is 1. The minimum atomic E-state index is -1.03. The van der Waals surface area contributed by atoms with Gasteiger partial charge in [0, 0.05) is 34.7 Å². The molecule has 1 saturated heterocycles. The first-order valence-corrected chi connectivity index (χ1v) is 9.86. The van der Waals surface area contributed by atoms with Crippen LogP contribution in [0, 0.1) is 6.92 Å². The minimum absolute atomic E-state index is 0.0128. The maximum absolute atomic E-state index is 12.8. The van der Waals surface area contributed by atoms with Crippen LogP contribution in [-0.4, -0.2) is 48.5 Å². The topological polar surface area (TPSA) is 79.0 Å². The Morgan fingerprint density at radius 3 is 2.64 bits per heavy atom. The number of likely N-dealkylation sites (tertiary alicyclic amines) is 1. The number of benzene rings is 1. The Balaban J connectivity index is 1.71. The largest absolute Gasteiger partial charge is 0.338 e. The first-order chi connectivity index (χ1) is 12.0. The Hall–Kier alpha value is -2.02. The number of aryl methyl sites for hydroxylation is 1. The SMILES string of the molecule is Cc1nc([C@H]2CCCN(C(=O)c3ccc([S@@](=O)C(C)C)cc3)C2)n[nH]1. The van der Waals surface area contributed by atoms with Crippen LogP contribution in [0.25, 0.3) is 0 Å². The van der Waals surface area contributed by atoms with Crippen molar-refractivity contribution >= 4 is 16.7 Å². The molecule has 0 spiro atoms. The molecule has 2 heterocycles. The molecular weight excluding hydrogens is 336 g/mol. The first-order valence-electron chi connectivity index (χ1n) is 8.64. The Bertz CT molecular complexity index is 770. The summed E-state index contributed by atoms with van der Waals surface area (Å²) in [5.74, 6) is 1.78. The van der Waals surface area contributed by atoms with E-state index in [-0.39, 0.29) is 17.1 Å². The van der Waals surface area contributed by atoms with E-state index in [1.165, 1.54) is 0 Å². The van der Waals surface area contributed by atoms with Gasteiger partial charge in [0.25, 0.3) is 5.91 Å². The molecule has 1 amide bonds. The summed E-state index contributed by atoms with van der Waals surface area (Å²) in [5.41, 5.74) is 0.635. The van der Waals surface area contributed by atoms with Crippen molar-refractivity contribution in [3.63, 3.8) is 0 Å². The standard InChI is InChI=1S/C18H24N4O2S/c1-12(2)25(24)16-8-6-14(7-9-16)18(23)22-10-4-5-15(11-22)17-19-13(3)20-21-17/h6-9,12,15H,4-5,10-11H2,1-3H3,(H,19,20,21)/t15-,25-/m0/s1. The van der Waals surface area contributed by atoms with E-state index in [0.29, 0.717) is 12.1 Å². The maximum Gasteiger partial charge on any atom is 0.253 e. The van der Waals surface area contributed by atoms with Gasteiger partial charge in [0.2, 0.25) is 0 Å². The summed E-state index contributed by atoms with van der Waals surface area (Å²) in [7, 11) is -1.03. The van der Waals surface area contributed by atoms with Crippen molar-refractivity contribution in [1.82, 2.24) is 20.1 Å². The van der Waals surface area contributed by atoms with Crippen molar-refractivity contribution in [3.05, 3.63) is 41.5 Å². The summed E-state index contributed by atoms with van der Waals surface area (Å²) in [5, 5.41) is 7.18. The quantitative estimate of drug-likeness (QED) is 0.909. The molecule has 1 fully saturated rings. The Morgan fingerprint density at radius 2 is 2.04 bits per heavy atom. The zero-order valence-electron chi connectivity index (χ0n) is 14.9. The van der Waals surface area contributed by atoms with E-state index in [2.05, 4.69) is 15.2 Å². The van der Waals surface area contributed by atoms with Crippen LogP contribution in [0.5, 0.6) is 0 Å². The fourth-order valence-corrected chi connectivity index (χ4v) is 4.05. The van der Waals surface area contributed by atoms with E-state index in [1.807, 2.05) is 25.7 Å². The van der Waals surface area contributed by atoms with Gasteiger partial charge in [-0.2, -0.15) is 5.10 Å². The zero-order valence-corrected chi connectivity index (χ0v) is 15.7. The fraction of sp³-hybridized carbons (Fsp3) is 0.500. The Kier molecular flexibility index (Phi) is 5.32. The highest BCUT2D eigenvalue weighted by Crippen LogP contribution is 2.25. The number of nitrogens with zero attached hydrogens (tertiary/aromatic N) is 3. The lowest BCUT2D eigenvalue weighted by Crippen LogP contribution is -2.39. The molecule has 1 N–H and O–H groups in total. The number of H-pyrrole nitrogens is 1. The molecule has 0 bridgehead atoms. The van der Waals surface area contributed by atoms with Crippen LogP contribution in [0.4, 0.5) is 0 Å². The van der Waals surface area contributed by atoms with E-state index in [9.17, 15) is 9.00 Å². The van der Waals surface area contributed by atoms with Crippen molar-refractivity contribution in [2.75, 3.05) is 13.1 Å². The molecular formula is C18H24N4O2S. The van der Waals surface area contributed by atoms with Gasteiger partial charge in [0.1, 0.15) is 5.82 Å². The molecule has 0 aliphatic carbocycles. The number of carbonyl (C=O) groups is 1. The Labute approximate surface area is 150 Å². The number of aromatic nitrogens is 3. The number of piperidine rings is 1. The normalized spacial score (nSPS) is 19.2. The third-order valence-electron chi connectivity index (χ3n) is 4.45. The molecule has 0 unspecified atom stereocenters. The third kappa shape index (κ3) is 3.98. The third-order valence-corrected chi connectivity index (χ3v) is 6.04. The number of rotatable bonds is 4. The van der Waals surface area contributed by atoms with Crippen molar-refractivity contribution in [1.29, 1.82) is 0 Å². The zero-order chi connectivity index (χ0) is 18.0. The van der Waals surface area contributed by atoms with Crippen molar-refractivity contribution in [3.8, 4) is 0 Å². The van der Waals surface area contributed by atoms with E-state index in [1.54, 1.807) is 24.3 Å². The van der Waals surface area contributed by atoms with Crippen LogP contribution < -0.4 is 0 Å². The molecule has 134 valence electrons. The van der Waals surface area contributed by atoms with Crippen LogP contribution in [-0.2, 0) is 10.8 Å². The van der Waals surface area contributed by atoms with Crippen LogP contribution in [0.1, 0.15) is 54.6 Å².